The van der Waals surface area contributed by atoms with Crippen LogP contribution in [-0.2, 0) is 0 Å². The van der Waals surface area contributed by atoms with E-state index in [1.54, 1.807) is 0 Å². The molecule has 0 aliphatic heterocycles. The first-order valence-corrected chi connectivity index (χ1v) is 0. The van der Waals surface area contributed by atoms with Crippen molar-refractivity contribution in [2.75, 3.05) is 0 Å². The molecule has 4 heavy (non-hydrogen) atoms. The predicted octanol–water partition coefficient (Wildman–Crippen LogP) is -1.52. The molecular formula is BCaLiMg. The van der Waals surface area contributed by atoms with E-state index in [2.05, 4.69) is 0 Å². The number of rotatable bonds is 0. The Hall–Kier alpha value is 2.69. The van der Waals surface area contributed by atoms with Crippen LogP contribution in [-0.4, -0.2) is 88.1 Å². The summed E-state index contributed by atoms with van der Waals surface area (Å²) in [6, 6.07) is 0. The number of hydrogen-bond acceptors (Lipinski definition) is 0. The molecule has 0 rings (SSSR count). The van der Waals surface area contributed by atoms with E-state index in [1.807, 2.05) is 0 Å². The molecule has 0 fully saturated rings. The molecule has 0 N–H and O–H groups in total. The molecule has 0 aromatic carbocycles. The standard InChI is InChI=1S/B.Ca.Li.Mg. The van der Waals surface area contributed by atoms with Crippen molar-refractivity contribution in [3.05, 3.63) is 0 Å². The van der Waals surface area contributed by atoms with Crippen molar-refractivity contribution in [2.45, 2.75) is 0 Å². The molecule has 0 aliphatic carbocycles. The predicted molar refractivity (Wildman–Crippen MR) is 23.0 cm³/mol. The first kappa shape index (κ1) is 29.9. The Morgan fingerprint density at radius 1 is 1.00 bits per heavy atom. The van der Waals surface area contributed by atoms with Gasteiger partial charge in [0.25, 0.3) is 0 Å². The van der Waals surface area contributed by atoms with E-state index in [9.17, 15) is 0 Å². The molecule has 0 amide bonds. The molecule has 0 aromatic rings. The van der Waals surface area contributed by atoms with Gasteiger partial charge < -0.3 is 0 Å². The molecule has 4 heteroatoms. The summed E-state index contributed by atoms with van der Waals surface area (Å²) < 4.78 is 0. The first-order chi connectivity index (χ1) is 0. The van der Waals surface area contributed by atoms with Crippen LogP contribution in [0.4, 0.5) is 0 Å². The quantitative estimate of drug-likeness (QED) is 0.311. The zero-order valence-electron chi connectivity index (χ0n) is 2.99. The minimum absolute atomic E-state index is 0. The Morgan fingerprint density at radius 3 is 1.00 bits per heavy atom. The molecule has 0 atom stereocenters. The van der Waals surface area contributed by atoms with Gasteiger partial charge in [-0.1, -0.05) is 0 Å². The van der Waals surface area contributed by atoms with Crippen LogP contribution < -0.4 is 0 Å². The van der Waals surface area contributed by atoms with Gasteiger partial charge in [0, 0.05) is 88.1 Å². The van der Waals surface area contributed by atoms with Gasteiger partial charge in [-0.15, -0.1) is 0 Å². The van der Waals surface area contributed by atoms with Crippen molar-refractivity contribution < 1.29 is 0 Å². The summed E-state index contributed by atoms with van der Waals surface area (Å²) in [5.74, 6) is 0. The van der Waals surface area contributed by atoms with Gasteiger partial charge in [-0.2, -0.15) is 0 Å². The summed E-state index contributed by atoms with van der Waals surface area (Å²) >= 11 is 0. The molecule has 0 heterocycles. The third-order valence-corrected chi connectivity index (χ3v) is 0. The van der Waals surface area contributed by atoms with Crippen molar-refractivity contribution in [1.29, 1.82) is 0 Å². The van der Waals surface area contributed by atoms with E-state index < -0.39 is 0 Å². The molecule has 0 spiro atoms. The molecule has 8 valence electrons. The van der Waals surface area contributed by atoms with Crippen LogP contribution in [0.5, 0.6) is 0 Å². The molecule has 0 aliphatic rings. The van der Waals surface area contributed by atoms with Crippen LogP contribution >= 0.6 is 0 Å². The zero-order valence-corrected chi connectivity index (χ0v) is 6.61. The second kappa shape index (κ2) is 17.3. The van der Waals surface area contributed by atoms with Crippen molar-refractivity contribution in [3.63, 3.8) is 0 Å². The van der Waals surface area contributed by atoms with Gasteiger partial charge in [0.2, 0.25) is 0 Å². The minimum atomic E-state index is 0. The van der Waals surface area contributed by atoms with E-state index in [-0.39, 0.29) is 88.1 Å². The van der Waals surface area contributed by atoms with E-state index in [0.717, 1.165) is 0 Å². The normalized spacial score (nSPS) is 0. The Bertz CT molecular complexity index is 8.00. The molecule has 0 nitrogen and oxygen atoms in total. The smallest absolute Gasteiger partial charge is 0 e. The second-order valence-electron chi connectivity index (χ2n) is 0. The summed E-state index contributed by atoms with van der Waals surface area (Å²) in [7, 11) is 0. The van der Waals surface area contributed by atoms with E-state index in [0.29, 0.717) is 0 Å². The van der Waals surface area contributed by atoms with Crippen molar-refractivity contribution in [2.24, 2.45) is 0 Å². The minimum Gasteiger partial charge on any atom is 0 e. The third-order valence-electron chi connectivity index (χ3n) is 0. The van der Waals surface area contributed by atoms with Gasteiger partial charge >= 0.3 is 0 Å². The summed E-state index contributed by atoms with van der Waals surface area (Å²) in [4.78, 5) is 0. The van der Waals surface area contributed by atoms with Crippen LogP contribution in [0, 0.1) is 0 Å². The molecule has 0 saturated heterocycles. The van der Waals surface area contributed by atoms with E-state index in [4.69, 9.17) is 0 Å². The summed E-state index contributed by atoms with van der Waals surface area (Å²) in [5.41, 5.74) is 0. The summed E-state index contributed by atoms with van der Waals surface area (Å²) in [6.45, 7) is 0. The molecule has 0 saturated carbocycles. The van der Waals surface area contributed by atoms with Crippen molar-refractivity contribution in [1.82, 2.24) is 0 Å². The summed E-state index contributed by atoms with van der Waals surface area (Å²) in [6.07, 6.45) is 0. The van der Waals surface area contributed by atoms with Gasteiger partial charge in [0.1, 0.15) is 0 Å². The van der Waals surface area contributed by atoms with Crippen LogP contribution in [0.2, 0.25) is 0 Å². The number of hydrogen-bond donors (Lipinski definition) is 0. The fourth-order valence-electron chi connectivity index (χ4n) is 0. The van der Waals surface area contributed by atoms with Gasteiger partial charge in [-0.3, -0.25) is 0 Å². The molecule has 0 bridgehead atoms. The monoisotopic (exact) mass is 82.0 g/mol. The van der Waals surface area contributed by atoms with Gasteiger partial charge in [0.15, 0.2) is 0 Å². The maximum Gasteiger partial charge on any atom is 0 e. The van der Waals surface area contributed by atoms with Crippen molar-refractivity contribution in [3.8, 4) is 0 Å². The van der Waals surface area contributed by atoms with E-state index >= 15 is 0 Å². The Labute approximate surface area is 86.4 Å². The molecule has 0 unspecified atom stereocenters. The Morgan fingerprint density at radius 2 is 1.00 bits per heavy atom. The average molecular weight is 82.1 g/mol. The zero-order chi connectivity index (χ0) is 0. The van der Waals surface area contributed by atoms with Crippen molar-refractivity contribution >= 4 is 88.1 Å². The Balaban J connectivity index is 0. The second-order valence-corrected chi connectivity index (χ2v) is 0. The van der Waals surface area contributed by atoms with Crippen LogP contribution in [0.25, 0.3) is 0 Å². The first-order valence-electron chi connectivity index (χ1n) is 0. The van der Waals surface area contributed by atoms with Crippen LogP contribution in [0.3, 0.4) is 0 Å². The van der Waals surface area contributed by atoms with Gasteiger partial charge in [-0.05, 0) is 0 Å². The molecule has 0 aromatic heterocycles. The fraction of sp³-hybridized carbons (Fsp3) is 0. The van der Waals surface area contributed by atoms with Crippen LogP contribution in [0.15, 0.2) is 0 Å². The molecular weight excluding hydrogens is 82.1 g/mol. The molecule has 8 radical (unpaired) electrons. The largest absolute Gasteiger partial charge is 0 e. The van der Waals surface area contributed by atoms with Gasteiger partial charge in [-0.25, -0.2) is 0 Å². The fourth-order valence-corrected chi connectivity index (χ4v) is 0. The van der Waals surface area contributed by atoms with Gasteiger partial charge in [0.05, 0.1) is 0 Å². The Kier molecular flexibility index (Phi) is 130. The summed E-state index contributed by atoms with van der Waals surface area (Å²) in [5, 5.41) is 0. The SMILES string of the molecule is [B].[Ca].[Li].[Mg]. The van der Waals surface area contributed by atoms with E-state index in [1.165, 1.54) is 0 Å². The maximum absolute atomic E-state index is 0. The van der Waals surface area contributed by atoms with Crippen LogP contribution in [0.1, 0.15) is 0 Å². The average Bonchev–Trinajstić information content (AvgIpc) is 0. The third kappa shape index (κ3) is 8.82. The topological polar surface area (TPSA) is 0 Å². The maximum atomic E-state index is 0.